The van der Waals surface area contributed by atoms with Gasteiger partial charge in [-0.1, -0.05) is 13.3 Å². The number of fused-ring (bicyclic) bond motifs is 1. The molecular formula is C16H28ClN3O4S. The van der Waals surface area contributed by atoms with Crippen molar-refractivity contribution in [2.24, 2.45) is 5.92 Å². The van der Waals surface area contributed by atoms with Crippen LogP contribution in [0.25, 0.3) is 0 Å². The number of hydrogen-bond acceptors (Lipinski definition) is 5. The molecule has 0 bridgehead atoms. The molecule has 3 heterocycles. The summed E-state index contributed by atoms with van der Waals surface area (Å²) in [6.45, 7) is 5.40. The van der Waals surface area contributed by atoms with E-state index < -0.39 is 10.0 Å². The molecule has 3 fully saturated rings. The average molecular weight is 394 g/mol. The van der Waals surface area contributed by atoms with E-state index in [1.54, 1.807) is 4.90 Å². The average Bonchev–Trinajstić information content (AvgIpc) is 2.95. The first kappa shape index (κ1) is 20.5. The molecule has 3 saturated heterocycles. The van der Waals surface area contributed by atoms with Crippen molar-refractivity contribution in [1.29, 1.82) is 0 Å². The summed E-state index contributed by atoms with van der Waals surface area (Å²) in [6, 6.07) is -0.659. The lowest BCUT2D eigenvalue weighted by atomic mass is 9.94. The van der Waals surface area contributed by atoms with Crippen LogP contribution in [0.3, 0.4) is 0 Å². The molecule has 0 aromatic carbocycles. The maximum Gasteiger partial charge on any atom is 0.241 e. The fourth-order valence-corrected chi connectivity index (χ4v) is 5.51. The van der Waals surface area contributed by atoms with Crippen molar-refractivity contribution in [1.82, 2.24) is 14.1 Å². The molecule has 2 amide bonds. The van der Waals surface area contributed by atoms with E-state index in [1.807, 2.05) is 6.92 Å². The van der Waals surface area contributed by atoms with Crippen molar-refractivity contribution >= 4 is 34.2 Å². The molecule has 7 nitrogen and oxygen atoms in total. The Morgan fingerprint density at radius 3 is 2.44 bits per heavy atom. The summed E-state index contributed by atoms with van der Waals surface area (Å²) in [5, 5.41) is 0. The lowest BCUT2D eigenvalue weighted by Gasteiger charge is -2.32. The minimum atomic E-state index is -3.59. The fourth-order valence-electron chi connectivity index (χ4n) is 4.32. The Labute approximate surface area is 156 Å². The minimum Gasteiger partial charge on any atom is -0.337 e. The number of sulfonamides is 1. The molecule has 3 rings (SSSR count). The molecule has 3 atom stereocenters. The predicted molar refractivity (Wildman–Crippen MR) is 96.9 cm³/mol. The van der Waals surface area contributed by atoms with Gasteiger partial charge in [-0.05, 0) is 32.4 Å². The van der Waals surface area contributed by atoms with Crippen molar-refractivity contribution in [2.75, 3.05) is 32.4 Å². The van der Waals surface area contributed by atoms with E-state index in [-0.39, 0.29) is 42.2 Å². The Balaban J connectivity index is 0.00000225. The minimum absolute atomic E-state index is 0. The SMILES string of the molecule is CCC[C@H]1C(=O)N(S(C)(=O)=O)[C@H]2CCN(C(=O)CCN3CCC3)[C@H]12.Cl. The highest BCUT2D eigenvalue weighted by Gasteiger charge is 2.56. The zero-order valence-electron chi connectivity index (χ0n) is 14.9. The Kier molecular flexibility index (Phi) is 6.38. The van der Waals surface area contributed by atoms with Gasteiger partial charge in [-0.15, -0.1) is 12.4 Å². The van der Waals surface area contributed by atoms with Crippen molar-refractivity contribution in [2.45, 2.75) is 51.1 Å². The molecule has 0 aromatic rings. The highest BCUT2D eigenvalue weighted by Crippen LogP contribution is 2.40. The van der Waals surface area contributed by atoms with Crippen LogP contribution in [0.5, 0.6) is 0 Å². The largest absolute Gasteiger partial charge is 0.337 e. The normalized spacial score (nSPS) is 29.4. The number of hydrogen-bond donors (Lipinski definition) is 0. The number of carbonyl (C=O) groups excluding carboxylic acids is 2. The van der Waals surface area contributed by atoms with Gasteiger partial charge in [0, 0.05) is 19.5 Å². The lowest BCUT2D eigenvalue weighted by Crippen LogP contribution is -2.45. The second-order valence-electron chi connectivity index (χ2n) is 7.17. The van der Waals surface area contributed by atoms with Crippen LogP contribution in [0.1, 0.15) is 39.0 Å². The van der Waals surface area contributed by atoms with E-state index in [0.29, 0.717) is 25.8 Å². The second kappa shape index (κ2) is 7.80. The third-order valence-electron chi connectivity index (χ3n) is 5.54. The molecule has 3 aliphatic heterocycles. The molecule has 9 heteroatoms. The van der Waals surface area contributed by atoms with Crippen LogP contribution in [-0.2, 0) is 19.6 Å². The molecule has 0 aromatic heterocycles. The van der Waals surface area contributed by atoms with Gasteiger partial charge < -0.3 is 9.80 Å². The highest BCUT2D eigenvalue weighted by atomic mass is 35.5. The van der Waals surface area contributed by atoms with Crippen LogP contribution < -0.4 is 0 Å². The highest BCUT2D eigenvalue weighted by molar-refractivity contribution is 7.88. The smallest absolute Gasteiger partial charge is 0.241 e. The number of amides is 2. The number of nitrogens with zero attached hydrogens (tertiary/aromatic N) is 3. The molecule has 0 unspecified atom stereocenters. The molecule has 0 spiro atoms. The Bertz CT molecular complexity index is 623. The van der Waals surface area contributed by atoms with E-state index >= 15 is 0 Å². The van der Waals surface area contributed by atoms with Crippen LogP contribution in [0.15, 0.2) is 0 Å². The van der Waals surface area contributed by atoms with Gasteiger partial charge in [-0.2, -0.15) is 0 Å². The van der Waals surface area contributed by atoms with Crippen LogP contribution in [0.2, 0.25) is 0 Å². The summed E-state index contributed by atoms with van der Waals surface area (Å²) < 4.78 is 25.2. The maximum absolute atomic E-state index is 12.7. The van der Waals surface area contributed by atoms with Gasteiger partial charge >= 0.3 is 0 Å². The molecule has 25 heavy (non-hydrogen) atoms. The van der Waals surface area contributed by atoms with E-state index in [9.17, 15) is 18.0 Å². The van der Waals surface area contributed by atoms with Crippen LogP contribution in [-0.4, -0.2) is 78.9 Å². The van der Waals surface area contributed by atoms with Gasteiger partial charge in [0.05, 0.1) is 24.3 Å². The monoisotopic (exact) mass is 393 g/mol. The molecule has 0 radical (unpaired) electrons. The van der Waals surface area contributed by atoms with Gasteiger partial charge in [0.15, 0.2) is 0 Å². The second-order valence-corrected chi connectivity index (χ2v) is 9.03. The van der Waals surface area contributed by atoms with Gasteiger partial charge in [0.25, 0.3) is 0 Å². The summed E-state index contributed by atoms with van der Waals surface area (Å²) in [4.78, 5) is 29.3. The summed E-state index contributed by atoms with van der Waals surface area (Å²) >= 11 is 0. The number of carbonyl (C=O) groups is 2. The van der Waals surface area contributed by atoms with E-state index in [4.69, 9.17) is 0 Å². The summed E-state index contributed by atoms with van der Waals surface area (Å²) in [5.74, 6) is -0.654. The van der Waals surface area contributed by atoms with Crippen LogP contribution in [0, 0.1) is 5.92 Å². The molecule has 3 aliphatic rings. The van der Waals surface area contributed by atoms with Crippen molar-refractivity contribution < 1.29 is 18.0 Å². The summed E-state index contributed by atoms with van der Waals surface area (Å²) in [6.07, 6.45) is 4.72. The Morgan fingerprint density at radius 1 is 1.24 bits per heavy atom. The number of rotatable bonds is 6. The van der Waals surface area contributed by atoms with Crippen molar-refractivity contribution in [3.8, 4) is 0 Å². The van der Waals surface area contributed by atoms with Gasteiger partial charge in [0.2, 0.25) is 21.8 Å². The first-order valence-electron chi connectivity index (χ1n) is 8.89. The van der Waals surface area contributed by atoms with E-state index in [2.05, 4.69) is 4.90 Å². The molecule has 0 saturated carbocycles. The van der Waals surface area contributed by atoms with Crippen molar-refractivity contribution in [3.63, 3.8) is 0 Å². The number of halogens is 1. The van der Waals surface area contributed by atoms with Gasteiger partial charge in [-0.25, -0.2) is 12.7 Å². The maximum atomic E-state index is 12.7. The summed E-state index contributed by atoms with van der Waals surface area (Å²) in [5.41, 5.74) is 0. The number of likely N-dealkylation sites (tertiary alicyclic amines) is 2. The first-order chi connectivity index (χ1) is 11.3. The Hall–Kier alpha value is -0.860. The van der Waals surface area contributed by atoms with Crippen LogP contribution in [0.4, 0.5) is 0 Å². The van der Waals surface area contributed by atoms with Crippen molar-refractivity contribution in [3.05, 3.63) is 0 Å². The zero-order valence-corrected chi connectivity index (χ0v) is 16.5. The zero-order chi connectivity index (χ0) is 17.5. The first-order valence-corrected chi connectivity index (χ1v) is 10.7. The molecule has 0 N–H and O–H groups in total. The third-order valence-corrected chi connectivity index (χ3v) is 6.70. The van der Waals surface area contributed by atoms with Gasteiger partial charge in [-0.3, -0.25) is 9.59 Å². The topological polar surface area (TPSA) is 78.0 Å². The van der Waals surface area contributed by atoms with Crippen LogP contribution >= 0.6 is 12.4 Å². The quantitative estimate of drug-likeness (QED) is 0.663. The van der Waals surface area contributed by atoms with Gasteiger partial charge in [0.1, 0.15) is 0 Å². The van der Waals surface area contributed by atoms with E-state index in [0.717, 1.165) is 36.6 Å². The standard InChI is InChI=1S/C16H27N3O4S.ClH/c1-3-5-12-15-13(19(16(12)21)24(2,22)23)6-11-18(15)14(20)7-10-17-8-4-9-17;/h12-13,15H,3-11H2,1-2H3;1H/t12-,13+,15-;/m1./s1. The lowest BCUT2D eigenvalue weighted by molar-refractivity contribution is -0.134. The Morgan fingerprint density at radius 2 is 1.92 bits per heavy atom. The molecular weight excluding hydrogens is 366 g/mol. The third kappa shape index (κ3) is 3.80. The fraction of sp³-hybridized carbons (Fsp3) is 0.875. The molecule has 144 valence electrons. The predicted octanol–water partition coefficient (Wildman–Crippen LogP) is 0.692. The summed E-state index contributed by atoms with van der Waals surface area (Å²) in [7, 11) is -3.59. The van der Waals surface area contributed by atoms with E-state index in [1.165, 1.54) is 6.42 Å². The molecule has 0 aliphatic carbocycles.